The molecule has 194 valence electrons. The maximum Gasteiger partial charge on any atom is 0.243 e. The van der Waals surface area contributed by atoms with Gasteiger partial charge >= 0.3 is 0 Å². The van der Waals surface area contributed by atoms with Crippen molar-refractivity contribution in [2.45, 2.75) is 45.2 Å². The second-order valence-corrected chi connectivity index (χ2v) is 9.77. The Morgan fingerprint density at radius 3 is 2.43 bits per heavy atom. The highest BCUT2D eigenvalue weighted by Gasteiger charge is 2.30. The Labute approximate surface area is 227 Å². The number of ether oxygens (including phenoxy) is 2. The zero-order chi connectivity index (χ0) is 26.2. The monoisotopic (exact) mass is 540 g/mol. The van der Waals surface area contributed by atoms with Gasteiger partial charge in [-0.05, 0) is 53.8 Å². The molecular formula is C29H30Cl2N2O4. The van der Waals surface area contributed by atoms with Crippen molar-refractivity contribution in [1.29, 1.82) is 0 Å². The largest absolute Gasteiger partial charge is 0.454 e. The van der Waals surface area contributed by atoms with Gasteiger partial charge < -0.3 is 19.7 Å². The molecule has 3 aromatic carbocycles. The number of carbonyl (C=O) groups excluding carboxylic acids is 2. The molecule has 1 heterocycles. The second-order valence-electron chi connectivity index (χ2n) is 8.95. The Hall–Kier alpha value is -3.22. The fourth-order valence-electron chi connectivity index (χ4n) is 4.25. The van der Waals surface area contributed by atoms with Gasteiger partial charge in [-0.1, -0.05) is 72.6 Å². The van der Waals surface area contributed by atoms with E-state index in [2.05, 4.69) is 5.32 Å². The first-order valence-corrected chi connectivity index (χ1v) is 13.1. The van der Waals surface area contributed by atoms with E-state index >= 15 is 0 Å². The number of hydrogen-bond acceptors (Lipinski definition) is 4. The molecule has 0 unspecified atom stereocenters. The molecule has 0 aliphatic carbocycles. The zero-order valence-electron chi connectivity index (χ0n) is 20.7. The smallest absolute Gasteiger partial charge is 0.243 e. The Morgan fingerprint density at radius 2 is 1.68 bits per heavy atom. The molecule has 1 N–H and O–H groups in total. The Balaban J connectivity index is 1.60. The van der Waals surface area contributed by atoms with Gasteiger partial charge in [-0.3, -0.25) is 9.59 Å². The Bertz CT molecular complexity index is 1240. The quantitative estimate of drug-likeness (QED) is 0.332. The van der Waals surface area contributed by atoms with E-state index in [4.69, 9.17) is 32.7 Å². The van der Waals surface area contributed by atoms with Gasteiger partial charge in [-0.25, -0.2) is 0 Å². The third-order valence-electron chi connectivity index (χ3n) is 6.22. The molecule has 0 aromatic heterocycles. The van der Waals surface area contributed by atoms with Crippen LogP contribution in [0.25, 0.3) is 0 Å². The number of nitrogens with one attached hydrogen (secondary N) is 1. The van der Waals surface area contributed by atoms with E-state index in [1.54, 1.807) is 17.0 Å². The Kier molecular flexibility index (Phi) is 9.31. The lowest BCUT2D eigenvalue weighted by Crippen LogP contribution is -2.50. The van der Waals surface area contributed by atoms with E-state index in [1.807, 2.05) is 61.5 Å². The summed E-state index contributed by atoms with van der Waals surface area (Å²) in [6, 6.07) is 20.0. The number of nitrogens with zero attached hydrogens (tertiary/aromatic N) is 1. The van der Waals surface area contributed by atoms with Crippen LogP contribution in [-0.2, 0) is 29.0 Å². The van der Waals surface area contributed by atoms with Gasteiger partial charge in [0.15, 0.2) is 11.5 Å². The van der Waals surface area contributed by atoms with Gasteiger partial charge in [-0.15, -0.1) is 0 Å². The van der Waals surface area contributed by atoms with Gasteiger partial charge in [0.05, 0.1) is 10.0 Å². The molecule has 3 aromatic rings. The fourth-order valence-corrected chi connectivity index (χ4v) is 4.57. The number of rotatable bonds is 11. The van der Waals surface area contributed by atoms with Crippen LogP contribution in [0.1, 0.15) is 36.5 Å². The van der Waals surface area contributed by atoms with Gasteiger partial charge in [0.25, 0.3) is 0 Å². The van der Waals surface area contributed by atoms with Crippen LogP contribution in [0.15, 0.2) is 66.7 Å². The molecular weight excluding hydrogens is 511 g/mol. The summed E-state index contributed by atoms with van der Waals surface area (Å²) in [6.45, 7) is 2.96. The molecule has 4 rings (SSSR count). The highest BCUT2D eigenvalue weighted by molar-refractivity contribution is 6.42. The predicted octanol–water partition coefficient (Wildman–Crippen LogP) is 5.82. The van der Waals surface area contributed by atoms with Gasteiger partial charge in [-0.2, -0.15) is 0 Å². The van der Waals surface area contributed by atoms with E-state index in [0.29, 0.717) is 40.9 Å². The summed E-state index contributed by atoms with van der Waals surface area (Å²) in [5.74, 6) is 1.07. The van der Waals surface area contributed by atoms with Gasteiger partial charge in [0.2, 0.25) is 18.6 Å². The van der Waals surface area contributed by atoms with E-state index in [9.17, 15) is 9.59 Å². The van der Waals surface area contributed by atoms with Crippen molar-refractivity contribution < 1.29 is 19.1 Å². The maximum absolute atomic E-state index is 13.7. The average molecular weight is 541 g/mol. The number of aryl methyl sites for hydroxylation is 1. The van der Waals surface area contributed by atoms with Crippen molar-refractivity contribution in [1.82, 2.24) is 10.2 Å². The number of benzene rings is 3. The van der Waals surface area contributed by atoms with Crippen molar-refractivity contribution in [3.63, 3.8) is 0 Å². The first kappa shape index (κ1) is 26.8. The summed E-state index contributed by atoms with van der Waals surface area (Å²) in [5, 5.41) is 3.83. The summed E-state index contributed by atoms with van der Waals surface area (Å²) < 4.78 is 10.9. The fraction of sp³-hybridized carbons (Fsp3) is 0.310. The highest BCUT2D eigenvalue weighted by atomic mass is 35.5. The zero-order valence-corrected chi connectivity index (χ0v) is 22.2. The van der Waals surface area contributed by atoms with Crippen molar-refractivity contribution in [2.75, 3.05) is 13.3 Å². The van der Waals surface area contributed by atoms with Gasteiger partial charge in [0, 0.05) is 25.9 Å². The topological polar surface area (TPSA) is 67.9 Å². The summed E-state index contributed by atoms with van der Waals surface area (Å²) in [4.78, 5) is 28.8. The van der Waals surface area contributed by atoms with Crippen LogP contribution in [0.2, 0.25) is 10.0 Å². The minimum absolute atomic E-state index is 0.128. The molecule has 6 nitrogen and oxygen atoms in total. The van der Waals surface area contributed by atoms with E-state index in [-0.39, 0.29) is 31.6 Å². The molecule has 0 radical (unpaired) electrons. The van der Waals surface area contributed by atoms with Gasteiger partial charge in [0.1, 0.15) is 6.04 Å². The summed E-state index contributed by atoms with van der Waals surface area (Å²) in [7, 11) is 0. The summed E-state index contributed by atoms with van der Waals surface area (Å²) in [6.07, 6.45) is 1.93. The van der Waals surface area contributed by atoms with E-state index < -0.39 is 6.04 Å². The van der Waals surface area contributed by atoms with Crippen molar-refractivity contribution in [3.8, 4) is 11.5 Å². The highest BCUT2D eigenvalue weighted by Crippen LogP contribution is 2.33. The molecule has 8 heteroatoms. The van der Waals surface area contributed by atoms with Crippen LogP contribution in [-0.4, -0.2) is 36.1 Å². The SMILES string of the molecule is CCCNC(=O)[C@H](Cc1ccccc1)N(Cc1ccc(Cl)c(Cl)c1)C(=O)CCc1ccc2c(c1)OCO2. The van der Waals surface area contributed by atoms with Crippen molar-refractivity contribution >= 4 is 35.0 Å². The minimum atomic E-state index is -0.687. The van der Waals surface area contributed by atoms with Crippen LogP contribution in [0.5, 0.6) is 11.5 Å². The molecule has 1 aliphatic heterocycles. The number of halogens is 2. The molecule has 0 saturated carbocycles. The molecule has 0 spiro atoms. The van der Waals surface area contributed by atoms with Crippen LogP contribution >= 0.6 is 23.2 Å². The second kappa shape index (κ2) is 12.8. The minimum Gasteiger partial charge on any atom is -0.454 e. The standard InChI is InChI=1S/C29H30Cl2N2O4/c1-2-14-32-29(35)25(16-20-6-4-3-5-7-20)33(18-22-8-11-23(30)24(31)15-22)28(34)13-10-21-9-12-26-27(17-21)37-19-36-26/h3-9,11-12,15,17,25H,2,10,13-14,16,18-19H2,1H3,(H,32,35)/t25-/m0/s1. The number of carbonyl (C=O) groups is 2. The van der Waals surface area contributed by atoms with Crippen LogP contribution in [0, 0.1) is 0 Å². The third-order valence-corrected chi connectivity index (χ3v) is 6.96. The molecule has 2 amide bonds. The average Bonchev–Trinajstić information content (AvgIpc) is 3.38. The summed E-state index contributed by atoms with van der Waals surface area (Å²) >= 11 is 12.4. The molecule has 0 bridgehead atoms. The maximum atomic E-state index is 13.7. The predicted molar refractivity (Wildman–Crippen MR) is 145 cm³/mol. The lowest BCUT2D eigenvalue weighted by atomic mass is 10.0. The molecule has 1 aliphatic rings. The molecule has 1 atom stereocenters. The van der Waals surface area contributed by atoms with Crippen molar-refractivity contribution in [2.24, 2.45) is 0 Å². The number of fused-ring (bicyclic) bond motifs is 1. The van der Waals surface area contributed by atoms with E-state index in [1.165, 1.54) is 0 Å². The third kappa shape index (κ3) is 7.18. The number of amides is 2. The lowest BCUT2D eigenvalue weighted by molar-refractivity contribution is -0.141. The van der Waals surface area contributed by atoms with Crippen LogP contribution in [0.3, 0.4) is 0 Å². The first-order valence-electron chi connectivity index (χ1n) is 12.4. The number of hydrogen-bond donors (Lipinski definition) is 1. The summed E-state index contributed by atoms with van der Waals surface area (Å²) in [5.41, 5.74) is 2.73. The van der Waals surface area contributed by atoms with Crippen molar-refractivity contribution in [3.05, 3.63) is 93.5 Å². The lowest BCUT2D eigenvalue weighted by Gasteiger charge is -2.32. The van der Waals surface area contributed by atoms with Crippen LogP contribution < -0.4 is 14.8 Å². The normalized spacial score (nSPS) is 12.7. The molecule has 0 saturated heterocycles. The van der Waals surface area contributed by atoms with E-state index in [0.717, 1.165) is 23.1 Å². The first-order chi connectivity index (χ1) is 17.9. The molecule has 37 heavy (non-hydrogen) atoms. The Morgan fingerprint density at radius 1 is 0.919 bits per heavy atom. The van der Waals surface area contributed by atoms with Crippen LogP contribution in [0.4, 0.5) is 0 Å². The molecule has 0 fully saturated rings.